The zero-order valence-electron chi connectivity index (χ0n) is 8.74. The molecule has 0 radical (unpaired) electrons. The van der Waals surface area contributed by atoms with Gasteiger partial charge in [0.05, 0.1) is 12.7 Å². The van der Waals surface area contributed by atoms with E-state index >= 15 is 0 Å². The van der Waals surface area contributed by atoms with Gasteiger partial charge < -0.3 is 9.47 Å². The van der Waals surface area contributed by atoms with E-state index in [9.17, 15) is 18.0 Å². The third-order valence-electron chi connectivity index (χ3n) is 2.00. The van der Waals surface area contributed by atoms with Gasteiger partial charge in [-0.15, -0.1) is 4.41 Å². The molecule has 2 atom stereocenters. The van der Waals surface area contributed by atoms with Gasteiger partial charge in [0.25, 0.3) is 10.0 Å². The highest BCUT2D eigenvalue weighted by Crippen LogP contribution is 2.18. The normalized spacial score (nSPS) is 25.1. The number of hydrazine groups is 1. The third-order valence-corrected chi connectivity index (χ3v) is 2.86. The lowest BCUT2D eigenvalue weighted by atomic mass is 10.2. The summed E-state index contributed by atoms with van der Waals surface area (Å²) in [7, 11) is -3.86. The molecule has 16 heavy (non-hydrogen) atoms. The summed E-state index contributed by atoms with van der Waals surface area (Å²) in [5.74, 6) is 4.49. The molecular weight excluding hydrogens is 240 g/mol. The summed E-state index contributed by atoms with van der Waals surface area (Å²) in [6.45, 7) is 1.53. The first-order valence-electron chi connectivity index (χ1n) is 4.37. The molecule has 1 heterocycles. The van der Waals surface area contributed by atoms with E-state index in [1.807, 2.05) is 0 Å². The molecule has 0 aromatic heterocycles. The highest BCUT2D eigenvalue weighted by atomic mass is 32.2. The molecule has 0 saturated carbocycles. The number of carbonyl (C=O) groups is 2. The molecule has 0 spiro atoms. The molecule has 0 aromatic rings. The molecule has 1 rings (SSSR count). The third kappa shape index (κ3) is 2.83. The Balaban J connectivity index is 2.62. The van der Waals surface area contributed by atoms with Crippen LogP contribution in [0.3, 0.4) is 0 Å². The molecule has 2 N–H and O–H groups in total. The van der Waals surface area contributed by atoms with Gasteiger partial charge in [0, 0.05) is 0 Å². The summed E-state index contributed by atoms with van der Waals surface area (Å²) < 4.78 is 31.2. The molecule has 0 aromatic carbocycles. The fraction of sp³-hybridized carbons (Fsp3) is 0.714. The summed E-state index contributed by atoms with van der Waals surface area (Å²) in [5, 5.41) is 0. The zero-order chi connectivity index (χ0) is 12.5. The first-order chi connectivity index (χ1) is 7.21. The molecule has 2 unspecified atom stereocenters. The van der Waals surface area contributed by atoms with Crippen LogP contribution < -0.4 is 5.84 Å². The van der Waals surface area contributed by atoms with Crippen LogP contribution in [0.4, 0.5) is 4.79 Å². The monoisotopic (exact) mass is 252 g/mol. The molecule has 1 saturated heterocycles. The summed E-state index contributed by atoms with van der Waals surface area (Å²) in [5.41, 5.74) is 0. The zero-order valence-corrected chi connectivity index (χ0v) is 9.56. The van der Waals surface area contributed by atoms with Crippen molar-refractivity contribution in [3.8, 4) is 0 Å². The van der Waals surface area contributed by atoms with Crippen molar-refractivity contribution in [1.82, 2.24) is 4.41 Å². The molecule has 8 nitrogen and oxygen atoms in total. The van der Waals surface area contributed by atoms with Gasteiger partial charge in [-0.2, -0.15) is 0 Å². The minimum Gasteiger partial charge on any atom is -0.459 e. The Hall–Kier alpha value is -1.35. The fourth-order valence-corrected chi connectivity index (χ4v) is 1.43. The van der Waals surface area contributed by atoms with Crippen molar-refractivity contribution in [2.75, 3.05) is 6.26 Å². The smallest absolute Gasteiger partial charge is 0.438 e. The number of nitrogens with zero attached hydrogens (tertiary/aromatic N) is 1. The standard InChI is InChI=1S/C7H12N2O6S/c1-4-5(3-6(10)14-4)15-7(11)9(8)16(2,12)13/h4-5H,3,8H2,1-2H3. The molecular formula is C7H12N2O6S. The van der Waals surface area contributed by atoms with E-state index in [1.54, 1.807) is 0 Å². The van der Waals surface area contributed by atoms with Crippen LogP contribution >= 0.6 is 0 Å². The Kier molecular flexibility index (Phi) is 3.38. The number of hydrogen-bond donors (Lipinski definition) is 1. The molecule has 0 aliphatic carbocycles. The average molecular weight is 252 g/mol. The average Bonchev–Trinajstić information content (AvgIpc) is 2.42. The van der Waals surface area contributed by atoms with Gasteiger partial charge in [0.1, 0.15) is 6.10 Å². The van der Waals surface area contributed by atoms with Gasteiger partial charge in [0.15, 0.2) is 6.10 Å². The number of amides is 1. The summed E-state index contributed by atoms with van der Waals surface area (Å²) in [6.07, 6.45) is -2.01. The van der Waals surface area contributed by atoms with E-state index in [-0.39, 0.29) is 10.8 Å². The van der Waals surface area contributed by atoms with Gasteiger partial charge in [-0.05, 0) is 6.92 Å². The van der Waals surface area contributed by atoms with Gasteiger partial charge >= 0.3 is 12.1 Å². The van der Waals surface area contributed by atoms with Crippen molar-refractivity contribution in [3.05, 3.63) is 0 Å². The number of hydrogen-bond acceptors (Lipinski definition) is 7. The van der Waals surface area contributed by atoms with Crippen molar-refractivity contribution >= 4 is 22.1 Å². The lowest BCUT2D eigenvalue weighted by Crippen LogP contribution is -2.44. The van der Waals surface area contributed by atoms with E-state index in [4.69, 9.17) is 15.3 Å². The predicted molar refractivity (Wildman–Crippen MR) is 51.3 cm³/mol. The molecule has 9 heteroatoms. The van der Waals surface area contributed by atoms with Gasteiger partial charge in [-0.1, -0.05) is 0 Å². The van der Waals surface area contributed by atoms with Crippen LogP contribution in [0.2, 0.25) is 0 Å². The molecule has 1 aliphatic heterocycles. The Labute approximate surface area is 92.3 Å². The first-order valence-corrected chi connectivity index (χ1v) is 6.21. The minimum atomic E-state index is -3.86. The molecule has 0 bridgehead atoms. The van der Waals surface area contributed by atoms with Crippen LogP contribution in [0.15, 0.2) is 0 Å². The van der Waals surface area contributed by atoms with E-state index in [1.165, 1.54) is 6.92 Å². The van der Waals surface area contributed by atoms with Crippen LogP contribution in [0.5, 0.6) is 0 Å². The second kappa shape index (κ2) is 4.26. The Morgan fingerprint density at radius 1 is 1.62 bits per heavy atom. The van der Waals surface area contributed by atoms with Crippen molar-refractivity contribution in [2.24, 2.45) is 5.84 Å². The maximum absolute atomic E-state index is 11.2. The number of esters is 1. The Morgan fingerprint density at radius 2 is 2.19 bits per heavy atom. The SMILES string of the molecule is CC1OC(=O)CC1OC(=O)N(N)S(C)(=O)=O. The highest BCUT2D eigenvalue weighted by molar-refractivity contribution is 7.88. The van der Waals surface area contributed by atoms with E-state index in [0.29, 0.717) is 0 Å². The lowest BCUT2D eigenvalue weighted by molar-refractivity contribution is -0.141. The minimum absolute atomic E-state index is 0.0253. The summed E-state index contributed by atoms with van der Waals surface area (Å²) >= 11 is 0. The fourth-order valence-electron chi connectivity index (χ4n) is 1.12. The van der Waals surface area contributed by atoms with Crippen LogP contribution in [0, 0.1) is 0 Å². The molecule has 1 amide bonds. The number of rotatable bonds is 2. The first kappa shape index (κ1) is 12.7. The highest BCUT2D eigenvalue weighted by Gasteiger charge is 2.36. The maximum Gasteiger partial charge on any atom is 0.438 e. The number of carbonyl (C=O) groups excluding carboxylic acids is 2. The maximum atomic E-state index is 11.2. The second-order valence-electron chi connectivity index (χ2n) is 3.38. The van der Waals surface area contributed by atoms with Crippen molar-refractivity contribution in [1.29, 1.82) is 0 Å². The lowest BCUT2D eigenvalue weighted by Gasteiger charge is -2.18. The van der Waals surface area contributed by atoms with E-state index in [0.717, 1.165) is 6.26 Å². The summed E-state index contributed by atoms with van der Waals surface area (Å²) in [4.78, 5) is 22.1. The van der Waals surface area contributed by atoms with Crippen LogP contribution in [0.25, 0.3) is 0 Å². The largest absolute Gasteiger partial charge is 0.459 e. The number of ether oxygens (including phenoxy) is 2. The van der Waals surface area contributed by atoms with Crippen LogP contribution in [0.1, 0.15) is 13.3 Å². The van der Waals surface area contributed by atoms with Gasteiger partial charge in [0.2, 0.25) is 0 Å². The van der Waals surface area contributed by atoms with Crippen molar-refractivity contribution < 1.29 is 27.5 Å². The van der Waals surface area contributed by atoms with Crippen LogP contribution in [-0.2, 0) is 24.3 Å². The number of cyclic esters (lactones) is 1. The molecule has 1 fully saturated rings. The Bertz CT molecular complexity index is 405. The molecule has 92 valence electrons. The van der Waals surface area contributed by atoms with Gasteiger partial charge in [-0.25, -0.2) is 19.1 Å². The van der Waals surface area contributed by atoms with Gasteiger partial charge in [-0.3, -0.25) is 4.79 Å². The topological polar surface area (TPSA) is 116 Å². The number of sulfonamides is 1. The second-order valence-corrected chi connectivity index (χ2v) is 5.24. The van der Waals surface area contributed by atoms with Crippen molar-refractivity contribution in [2.45, 2.75) is 25.6 Å². The number of nitrogens with two attached hydrogens (primary N) is 1. The Morgan fingerprint density at radius 3 is 2.56 bits per heavy atom. The molecule has 1 aliphatic rings. The summed E-state index contributed by atoms with van der Waals surface area (Å²) in [6, 6.07) is 0. The predicted octanol–water partition coefficient (Wildman–Crippen LogP) is -1.04. The van der Waals surface area contributed by atoms with E-state index < -0.39 is 34.3 Å². The quantitative estimate of drug-likeness (QED) is 0.289. The van der Waals surface area contributed by atoms with Crippen molar-refractivity contribution in [3.63, 3.8) is 0 Å². The van der Waals surface area contributed by atoms with Crippen LogP contribution in [-0.4, -0.2) is 43.4 Å². The van der Waals surface area contributed by atoms with E-state index in [2.05, 4.69) is 0 Å².